The lowest BCUT2D eigenvalue weighted by molar-refractivity contribution is -0.386. The highest BCUT2D eigenvalue weighted by Crippen LogP contribution is 2.21. The summed E-state index contributed by atoms with van der Waals surface area (Å²) in [5, 5.41) is 18.6. The SMILES string of the molecule is Cc1nn(CCNC(=O)c2ccc(COc3cccc(Cl)c3)cc2)c(C)c1[N+](=O)[O-]. The van der Waals surface area contributed by atoms with Crippen molar-refractivity contribution in [1.82, 2.24) is 15.1 Å². The standard InChI is InChI=1S/C21H21ClN4O4/c1-14-20(26(28)29)15(2)25(24-14)11-10-23-21(27)17-8-6-16(7-9-17)13-30-19-5-3-4-18(22)12-19/h3-9,12H,10-11,13H2,1-2H3,(H,23,27). The smallest absolute Gasteiger partial charge is 0.312 e. The van der Waals surface area contributed by atoms with Gasteiger partial charge in [-0.25, -0.2) is 0 Å². The predicted octanol–water partition coefficient (Wildman–Crippen LogP) is 4.07. The lowest BCUT2D eigenvalue weighted by Gasteiger charge is -2.09. The zero-order valence-corrected chi connectivity index (χ0v) is 17.3. The number of carbonyl (C=O) groups excluding carboxylic acids is 1. The number of nitrogens with one attached hydrogen (secondary N) is 1. The van der Waals surface area contributed by atoms with Crippen molar-refractivity contribution in [2.24, 2.45) is 0 Å². The molecule has 3 rings (SSSR count). The van der Waals surface area contributed by atoms with Crippen LogP contribution >= 0.6 is 11.6 Å². The summed E-state index contributed by atoms with van der Waals surface area (Å²) < 4.78 is 7.22. The minimum absolute atomic E-state index is 0.0110. The van der Waals surface area contributed by atoms with E-state index >= 15 is 0 Å². The Morgan fingerprint density at radius 1 is 1.23 bits per heavy atom. The molecule has 3 aromatic rings. The molecule has 0 saturated carbocycles. The van der Waals surface area contributed by atoms with Crippen LogP contribution in [-0.4, -0.2) is 27.2 Å². The molecule has 0 saturated heterocycles. The van der Waals surface area contributed by atoms with Crippen LogP contribution in [0.5, 0.6) is 5.75 Å². The molecule has 0 fully saturated rings. The van der Waals surface area contributed by atoms with Gasteiger partial charge < -0.3 is 10.1 Å². The summed E-state index contributed by atoms with van der Waals surface area (Å²) in [6.07, 6.45) is 0. The lowest BCUT2D eigenvalue weighted by Crippen LogP contribution is -2.27. The molecule has 0 aliphatic carbocycles. The summed E-state index contributed by atoms with van der Waals surface area (Å²) in [4.78, 5) is 23.0. The summed E-state index contributed by atoms with van der Waals surface area (Å²) in [7, 11) is 0. The topological polar surface area (TPSA) is 99.3 Å². The number of hydrogen-bond donors (Lipinski definition) is 1. The fourth-order valence-electron chi connectivity index (χ4n) is 3.02. The number of benzene rings is 2. The maximum absolute atomic E-state index is 12.3. The quantitative estimate of drug-likeness (QED) is 0.430. The van der Waals surface area contributed by atoms with E-state index in [0.29, 0.717) is 47.4 Å². The first-order valence-corrected chi connectivity index (χ1v) is 9.67. The van der Waals surface area contributed by atoms with E-state index < -0.39 is 4.92 Å². The van der Waals surface area contributed by atoms with Crippen molar-refractivity contribution in [1.29, 1.82) is 0 Å². The highest BCUT2D eigenvalue weighted by molar-refractivity contribution is 6.30. The van der Waals surface area contributed by atoms with Gasteiger partial charge in [0.05, 0.1) is 11.5 Å². The van der Waals surface area contributed by atoms with Crippen LogP contribution < -0.4 is 10.1 Å². The molecule has 9 heteroatoms. The van der Waals surface area contributed by atoms with E-state index in [1.54, 1.807) is 38.1 Å². The number of hydrogen-bond acceptors (Lipinski definition) is 5. The molecule has 0 aliphatic heterocycles. The molecular weight excluding hydrogens is 408 g/mol. The molecule has 156 valence electrons. The van der Waals surface area contributed by atoms with Crippen molar-refractivity contribution in [2.45, 2.75) is 27.0 Å². The van der Waals surface area contributed by atoms with Crippen LogP contribution in [-0.2, 0) is 13.2 Å². The molecule has 2 aromatic carbocycles. The molecule has 0 bridgehead atoms. The van der Waals surface area contributed by atoms with E-state index in [2.05, 4.69) is 10.4 Å². The number of carbonyl (C=O) groups is 1. The van der Waals surface area contributed by atoms with E-state index in [9.17, 15) is 14.9 Å². The van der Waals surface area contributed by atoms with Crippen LogP contribution in [0, 0.1) is 24.0 Å². The van der Waals surface area contributed by atoms with Gasteiger partial charge in [0.15, 0.2) is 0 Å². The van der Waals surface area contributed by atoms with Crippen molar-refractivity contribution < 1.29 is 14.5 Å². The Bertz CT molecular complexity index is 1060. The van der Waals surface area contributed by atoms with Crippen molar-refractivity contribution in [3.05, 3.63) is 86.2 Å². The zero-order chi connectivity index (χ0) is 21.7. The molecule has 0 spiro atoms. The molecule has 1 N–H and O–H groups in total. The first-order valence-electron chi connectivity index (χ1n) is 9.29. The number of halogens is 1. The number of aromatic nitrogens is 2. The van der Waals surface area contributed by atoms with Crippen LogP contribution in [0.25, 0.3) is 0 Å². The van der Waals surface area contributed by atoms with Gasteiger partial charge in [-0.05, 0) is 49.7 Å². The van der Waals surface area contributed by atoms with Crippen molar-refractivity contribution in [2.75, 3.05) is 6.54 Å². The molecular formula is C21H21ClN4O4. The molecule has 8 nitrogen and oxygen atoms in total. The fraction of sp³-hybridized carbons (Fsp3) is 0.238. The van der Waals surface area contributed by atoms with Crippen LogP contribution in [0.15, 0.2) is 48.5 Å². The molecule has 0 aliphatic rings. The van der Waals surface area contributed by atoms with Gasteiger partial charge in [0.25, 0.3) is 5.91 Å². The number of nitrogens with zero attached hydrogens (tertiary/aromatic N) is 3. The monoisotopic (exact) mass is 428 g/mol. The van der Waals surface area contributed by atoms with Crippen LogP contribution in [0.4, 0.5) is 5.69 Å². The summed E-state index contributed by atoms with van der Waals surface area (Å²) in [5.41, 5.74) is 2.27. The second-order valence-electron chi connectivity index (χ2n) is 6.70. The number of nitro groups is 1. The average molecular weight is 429 g/mol. The molecule has 0 atom stereocenters. The first kappa shape index (κ1) is 21.3. The zero-order valence-electron chi connectivity index (χ0n) is 16.6. The normalized spacial score (nSPS) is 10.6. The first-order chi connectivity index (χ1) is 14.3. The van der Waals surface area contributed by atoms with Crippen molar-refractivity contribution in [3.63, 3.8) is 0 Å². The molecule has 0 unspecified atom stereocenters. The van der Waals surface area contributed by atoms with Gasteiger partial charge in [-0.2, -0.15) is 5.10 Å². The minimum Gasteiger partial charge on any atom is -0.489 e. The Labute approximate surface area is 178 Å². The number of amides is 1. The van der Waals surface area contributed by atoms with Gasteiger partial charge in [0.2, 0.25) is 0 Å². The average Bonchev–Trinajstić information content (AvgIpc) is 3.00. The Balaban J connectivity index is 1.51. The number of rotatable bonds is 8. The Morgan fingerprint density at radius 2 is 1.97 bits per heavy atom. The van der Waals surface area contributed by atoms with Gasteiger partial charge in [-0.1, -0.05) is 29.8 Å². The molecule has 30 heavy (non-hydrogen) atoms. The Kier molecular flexibility index (Phi) is 6.68. The van der Waals surface area contributed by atoms with E-state index in [4.69, 9.17) is 16.3 Å². The highest BCUT2D eigenvalue weighted by atomic mass is 35.5. The third-order valence-electron chi connectivity index (χ3n) is 4.55. The Morgan fingerprint density at radius 3 is 2.60 bits per heavy atom. The summed E-state index contributed by atoms with van der Waals surface area (Å²) in [6.45, 7) is 4.25. The van der Waals surface area contributed by atoms with Gasteiger partial charge in [-0.3, -0.25) is 19.6 Å². The van der Waals surface area contributed by atoms with E-state index in [-0.39, 0.29) is 11.6 Å². The second-order valence-corrected chi connectivity index (χ2v) is 7.13. The van der Waals surface area contributed by atoms with Crippen molar-refractivity contribution >= 4 is 23.2 Å². The molecule has 1 heterocycles. The van der Waals surface area contributed by atoms with Gasteiger partial charge in [-0.15, -0.1) is 0 Å². The maximum Gasteiger partial charge on any atom is 0.312 e. The number of aryl methyl sites for hydroxylation is 1. The van der Waals surface area contributed by atoms with E-state index in [0.717, 1.165) is 5.56 Å². The lowest BCUT2D eigenvalue weighted by atomic mass is 10.1. The van der Waals surface area contributed by atoms with Crippen LogP contribution in [0.3, 0.4) is 0 Å². The fourth-order valence-corrected chi connectivity index (χ4v) is 3.20. The Hall–Kier alpha value is -3.39. The molecule has 1 aromatic heterocycles. The summed E-state index contributed by atoms with van der Waals surface area (Å²) in [5.74, 6) is 0.446. The summed E-state index contributed by atoms with van der Waals surface area (Å²) >= 11 is 5.93. The highest BCUT2D eigenvalue weighted by Gasteiger charge is 2.21. The third-order valence-corrected chi connectivity index (χ3v) is 4.79. The van der Waals surface area contributed by atoms with Gasteiger partial charge in [0, 0.05) is 17.1 Å². The molecule has 1 amide bonds. The van der Waals surface area contributed by atoms with Gasteiger partial charge in [0.1, 0.15) is 23.7 Å². The van der Waals surface area contributed by atoms with Crippen LogP contribution in [0.1, 0.15) is 27.3 Å². The number of ether oxygens (including phenoxy) is 1. The second kappa shape index (κ2) is 9.41. The summed E-state index contributed by atoms with van der Waals surface area (Å²) in [6, 6.07) is 14.2. The predicted molar refractivity (Wildman–Crippen MR) is 113 cm³/mol. The molecule has 0 radical (unpaired) electrons. The van der Waals surface area contributed by atoms with Crippen molar-refractivity contribution in [3.8, 4) is 5.75 Å². The largest absolute Gasteiger partial charge is 0.489 e. The van der Waals surface area contributed by atoms with Crippen LogP contribution in [0.2, 0.25) is 5.02 Å². The van der Waals surface area contributed by atoms with E-state index in [1.807, 2.05) is 24.3 Å². The third kappa shape index (κ3) is 5.15. The van der Waals surface area contributed by atoms with E-state index in [1.165, 1.54) is 4.68 Å². The maximum atomic E-state index is 12.3. The van der Waals surface area contributed by atoms with Gasteiger partial charge >= 0.3 is 5.69 Å². The minimum atomic E-state index is -0.440.